The lowest BCUT2D eigenvalue weighted by Gasteiger charge is -2.03. The lowest BCUT2D eigenvalue weighted by molar-refractivity contribution is 0.601. The molecule has 1 fully saturated rings. The molecule has 1 saturated heterocycles. The second kappa shape index (κ2) is 1.93. The molecule has 1 aliphatic heterocycles. The van der Waals surface area contributed by atoms with Crippen molar-refractivity contribution >= 4 is 9.84 Å². The summed E-state index contributed by atoms with van der Waals surface area (Å²) < 4.78 is 21.4. The second-order valence-electron chi connectivity index (χ2n) is 2.40. The SMILES string of the molecule is N[C@@H]1CS(=O)(=O)C[C@H]1N. The molecule has 4 N–H and O–H groups in total. The maximum atomic E-state index is 10.7. The van der Waals surface area contributed by atoms with Gasteiger partial charge >= 0.3 is 0 Å². The summed E-state index contributed by atoms with van der Waals surface area (Å²) in [6, 6.07) is -0.704. The molecule has 54 valence electrons. The summed E-state index contributed by atoms with van der Waals surface area (Å²) >= 11 is 0. The van der Waals surface area contributed by atoms with Crippen molar-refractivity contribution in [2.24, 2.45) is 11.5 Å². The van der Waals surface area contributed by atoms with Crippen molar-refractivity contribution in [3.05, 3.63) is 0 Å². The normalized spacial score (nSPS) is 41.1. The average molecular weight is 150 g/mol. The van der Waals surface area contributed by atoms with Crippen LogP contribution in [-0.2, 0) is 9.84 Å². The van der Waals surface area contributed by atoms with E-state index in [2.05, 4.69) is 0 Å². The standard InChI is InChI=1S/C4H10N2O2S/c5-3-1-9(7,8)2-4(3)6/h3-4H,1-2,5-6H2/t3-,4-/m1/s1. The highest BCUT2D eigenvalue weighted by Gasteiger charge is 2.32. The van der Waals surface area contributed by atoms with Crippen LogP contribution < -0.4 is 11.5 Å². The van der Waals surface area contributed by atoms with Crippen LogP contribution in [0.3, 0.4) is 0 Å². The van der Waals surface area contributed by atoms with Crippen LogP contribution in [0.4, 0.5) is 0 Å². The Kier molecular flexibility index (Phi) is 1.50. The summed E-state index contributed by atoms with van der Waals surface area (Å²) in [6.45, 7) is 0. The molecule has 1 heterocycles. The van der Waals surface area contributed by atoms with E-state index < -0.39 is 9.84 Å². The average Bonchev–Trinajstić information content (AvgIpc) is 1.79. The molecule has 1 aliphatic rings. The third kappa shape index (κ3) is 1.41. The van der Waals surface area contributed by atoms with Gasteiger partial charge in [-0.2, -0.15) is 0 Å². The topological polar surface area (TPSA) is 86.2 Å². The Bertz CT molecular complexity index is 183. The summed E-state index contributed by atoms with van der Waals surface area (Å²) in [5.74, 6) is 0.0995. The molecular weight excluding hydrogens is 140 g/mol. The molecule has 0 bridgehead atoms. The van der Waals surface area contributed by atoms with Gasteiger partial charge in [-0.05, 0) is 0 Å². The minimum absolute atomic E-state index is 0.0498. The van der Waals surface area contributed by atoms with Crippen LogP contribution in [0, 0.1) is 0 Å². The van der Waals surface area contributed by atoms with E-state index in [0.29, 0.717) is 0 Å². The highest BCUT2D eigenvalue weighted by molar-refractivity contribution is 7.91. The summed E-state index contributed by atoms with van der Waals surface area (Å²) in [4.78, 5) is 0. The van der Waals surface area contributed by atoms with Gasteiger partial charge in [0.15, 0.2) is 9.84 Å². The second-order valence-corrected chi connectivity index (χ2v) is 4.56. The maximum absolute atomic E-state index is 10.7. The van der Waals surface area contributed by atoms with Crippen LogP contribution in [0.1, 0.15) is 0 Å². The Labute approximate surface area is 54.1 Å². The minimum Gasteiger partial charge on any atom is -0.325 e. The fraction of sp³-hybridized carbons (Fsp3) is 1.00. The molecule has 9 heavy (non-hydrogen) atoms. The van der Waals surface area contributed by atoms with Crippen molar-refractivity contribution in [1.82, 2.24) is 0 Å². The number of hydrogen-bond acceptors (Lipinski definition) is 4. The third-order valence-electron chi connectivity index (χ3n) is 1.44. The largest absolute Gasteiger partial charge is 0.325 e. The van der Waals surface area contributed by atoms with Gasteiger partial charge in [0.2, 0.25) is 0 Å². The maximum Gasteiger partial charge on any atom is 0.153 e. The van der Waals surface area contributed by atoms with Crippen molar-refractivity contribution in [1.29, 1.82) is 0 Å². The van der Waals surface area contributed by atoms with Crippen molar-refractivity contribution in [3.8, 4) is 0 Å². The monoisotopic (exact) mass is 150 g/mol. The first-order valence-corrected chi connectivity index (χ1v) is 4.55. The van der Waals surface area contributed by atoms with Gasteiger partial charge in [-0.1, -0.05) is 0 Å². The highest BCUT2D eigenvalue weighted by Crippen LogP contribution is 2.07. The van der Waals surface area contributed by atoms with E-state index in [-0.39, 0.29) is 23.6 Å². The van der Waals surface area contributed by atoms with Crippen LogP contribution in [0.5, 0.6) is 0 Å². The lowest BCUT2D eigenvalue weighted by Crippen LogP contribution is -2.39. The van der Waals surface area contributed by atoms with Crippen molar-refractivity contribution in [2.75, 3.05) is 11.5 Å². The Hall–Kier alpha value is -0.130. The molecule has 0 aliphatic carbocycles. The number of rotatable bonds is 0. The van der Waals surface area contributed by atoms with E-state index in [0.717, 1.165) is 0 Å². The summed E-state index contributed by atoms with van der Waals surface area (Å²) in [5, 5.41) is 0. The molecule has 5 heteroatoms. The summed E-state index contributed by atoms with van der Waals surface area (Å²) in [7, 11) is -2.89. The molecule has 1 rings (SSSR count). The predicted octanol–water partition coefficient (Wildman–Crippen LogP) is -1.93. The summed E-state index contributed by atoms with van der Waals surface area (Å²) in [6.07, 6.45) is 0. The van der Waals surface area contributed by atoms with Gasteiger partial charge in [-0.3, -0.25) is 0 Å². The van der Waals surface area contributed by atoms with E-state index in [1.54, 1.807) is 0 Å². The number of hydrogen-bond donors (Lipinski definition) is 2. The van der Waals surface area contributed by atoms with Crippen LogP contribution in [-0.4, -0.2) is 32.0 Å². The first-order chi connectivity index (χ1) is 4.01. The van der Waals surface area contributed by atoms with Gasteiger partial charge in [0.05, 0.1) is 11.5 Å². The molecule has 0 aromatic heterocycles. The lowest BCUT2D eigenvalue weighted by atomic mass is 10.2. The molecule has 0 amide bonds. The first kappa shape index (κ1) is 6.98. The highest BCUT2D eigenvalue weighted by atomic mass is 32.2. The van der Waals surface area contributed by atoms with E-state index in [9.17, 15) is 8.42 Å². The van der Waals surface area contributed by atoms with E-state index in [1.807, 2.05) is 0 Å². The zero-order chi connectivity index (χ0) is 7.07. The number of nitrogens with two attached hydrogens (primary N) is 2. The Morgan fingerprint density at radius 3 is 1.56 bits per heavy atom. The minimum atomic E-state index is -2.89. The fourth-order valence-corrected chi connectivity index (χ4v) is 2.71. The Balaban J connectivity index is 2.77. The molecule has 0 aromatic carbocycles. The van der Waals surface area contributed by atoms with Crippen LogP contribution in [0.25, 0.3) is 0 Å². The molecule has 0 saturated carbocycles. The molecule has 0 radical (unpaired) electrons. The van der Waals surface area contributed by atoms with Crippen molar-refractivity contribution in [3.63, 3.8) is 0 Å². The fourth-order valence-electron chi connectivity index (χ4n) is 0.902. The van der Waals surface area contributed by atoms with Gasteiger partial charge in [0, 0.05) is 12.1 Å². The van der Waals surface area contributed by atoms with Gasteiger partial charge in [-0.25, -0.2) is 8.42 Å². The zero-order valence-electron chi connectivity index (χ0n) is 4.95. The van der Waals surface area contributed by atoms with E-state index >= 15 is 0 Å². The van der Waals surface area contributed by atoms with Gasteiger partial charge in [-0.15, -0.1) is 0 Å². The zero-order valence-corrected chi connectivity index (χ0v) is 5.76. The number of sulfone groups is 1. The van der Waals surface area contributed by atoms with Gasteiger partial charge in [0.1, 0.15) is 0 Å². The Morgan fingerprint density at radius 2 is 1.44 bits per heavy atom. The summed E-state index contributed by atoms with van der Waals surface area (Å²) in [5.41, 5.74) is 10.7. The molecule has 2 atom stereocenters. The van der Waals surface area contributed by atoms with Crippen molar-refractivity contribution in [2.45, 2.75) is 12.1 Å². The quantitative estimate of drug-likeness (QED) is 0.421. The predicted molar refractivity (Wildman–Crippen MR) is 34.6 cm³/mol. The van der Waals surface area contributed by atoms with Gasteiger partial charge < -0.3 is 11.5 Å². The van der Waals surface area contributed by atoms with Gasteiger partial charge in [0.25, 0.3) is 0 Å². The van der Waals surface area contributed by atoms with Crippen LogP contribution in [0.15, 0.2) is 0 Å². The van der Waals surface area contributed by atoms with E-state index in [4.69, 9.17) is 11.5 Å². The first-order valence-electron chi connectivity index (χ1n) is 2.73. The molecular formula is C4H10N2O2S. The van der Waals surface area contributed by atoms with Crippen LogP contribution in [0.2, 0.25) is 0 Å². The molecule has 0 unspecified atom stereocenters. The molecule has 0 aromatic rings. The van der Waals surface area contributed by atoms with Crippen molar-refractivity contribution < 1.29 is 8.42 Å². The smallest absolute Gasteiger partial charge is 0.153 e. The Morgan fingerprint density at radius 1 is 1.11 bits per heavy atom. The van der Waals surface area contributed by atoms with E-state index in [1.165, 1.54) is 0 Å². The molecule has 0 spiro atoms. The third-order valence-corrected chi connectivity index (χ3v) is 3.23. The van der Waals surface area contributed by atoms with Crippen LogP contribution >= 0.6 is 0 Å². The molecule has 4 nitrogen and oxygen atoms in total.